The first-order chi connectivity index (χ1) is 52.6. The molecule has 0 atom stereocenters. The number of hydrogen-bond donors (Lipinski definition) is 0. The maximum absolute atomic E-state index is 5.52. The molecule has 1 nitrogen and oxygen atoms in total. The lowest BCUT2D eigenvalue weighted by atomic mass is 9.76. The van der Waals surface area contributed by atoms with Crippen LogP contribution in [0.2, 0.25) is 0 Å². The molecule has 0 aromatic heterocycles. The Kier molecular flexibility index (Phi) is 30.1. The molecule has 13 rings (SSSR count). The molecule has 1 aliphatic carbocycles. The Hall–Kier alpha value is -8.26. The van der Waals surface area contributed by atoms with Gasteiger partial charge in [-0.25, -0.2) is 0 Å². The number of fused-ring (bicyclic) bond motifs is 5. The molecular formula is C113H152O. The summed E-state index contributed by atoms with van der Waals surface area (Å²) in [6, 6.07) is 68.7. The first kappa shape index (κ1) is 92.9. The minimum Gasteiger partial charge on any atom is -0.496 e. The fourth-order valence-electron chi connectivity index (χ4n) is 17.8. The number of methoxy groups -OCH3 is 1. The van der Waals surface area contributed by atoms with E-state index in [0.29, 0.717) is 5.92 Å². The summed E-state index contributed by atoms with van der Waals surface area (Å²) >= 11 is 0. The van der Waals surface area contributed by atoms with E-state index in [1.165, 1.54) is 185 Å². The Bertz CT molecular complexity index is 5260. The molecule has 0 unspecified atom stereocenters. The van der Waals surface area contributed by atoms with Crippen molar-refractivity contribution >= 4 is 53.9 Å². The first-order valence-electron chi connectivity index (χ1n) is 42.9. The molecule has 610 valence electrons. The highest BCUT2D eigenvalue weighted by Gasteiger charge is 2.29. The van der Waals surface area contributed by atoms with E-state index in [1.54, 1.807) is 12.7 Å². The lowest BCUT2D eigenvalue weighted by Crippen LogP contribution is -2.18. The van der Waals surface area contributed by atoms with Crippen molar-refractivity contribution in [3.05, 3.63) is 299 Å². The average Bonchev–Trinajstić information content (AvgIpc) is 1.18. The standard InChI is InChI=1S/C20H26.C19H26.C18H24.C16H20O.C16H20.C13H20.C11H16/c1-14-16-11-7-8-12-17(16)18(15-9-5-6-10-15)13-19(14)20(2,3)4;1-13-14-10-8-9-11-15(14)17(19(5,6)7)12-16(13)18(2,3)4;1-12(2)16-11-17(18(4,5)6)13(3)14-9-7-8-10-15(14)16;1-11-12-8-6-7-9-13(12)15(17-5)10-14(11)16(2,3)4;1-11-10-15(16(3,4)5)12(2)14-9-7-6-8-13(11)14;1-9-7-10(2)11(3)12(8-9)13(4,5)6;1-9-7-5-6-8-10(9)11(2,3)4/h7-8,11-13,15H,5-6,9-10H2,1-4H3;8-12H,1-7H3;7-12H,1-6H3;6-10H,1-5H3;6-10H,1-5H3;7-8H,1-6H3;5-8H,1-4H3. The second-order valence-electron chi connectivity index (χ2n) is 41.9. The Morgan fingerprint density at radius 2 is 0.561 bits per heavy atom. The van der Waals surface area contributed by atoms with E-state index in [4.69, 9.17) is 4.74 Å². The molecule has 1 aliphatic rings. The van der Waals surface area contributed by atoms with Gasteiger partial charge in [-0.05, 0) is 297 Å². The molecule has 12 aromatic rings. The summed E-state index contributed by atoms with van der Waals surface area (Å²) in [4.78, 5) is 0. The summed E-state index contributed by atoms with van der Waals surface area (Å²) in [5, 5.41) is 13.8. The van der Waals surface area contributed by atoms with Crippen LogP contribution in [0.25, 0.3) is 53.9 Å². The van der Waals surface area contributed by atoms with Crippen molar-refractivity contribution in [2.24, 2.45) is 0 Å². The highest BCUT2D eigenvalue weighted by molar-refractivity contribution is 5.94. The highest BCUT2D eigenvalue weighted by Crippen LogP contribution is 2.45. The average molecular weight is 1530 g/mol. The summed E-state index contributed by atoms with van der Waals surface area (Å²) in [7, 11) is 1.74. The van der Waals surface area contributed by atoms with Crippen LogP contribution in [0.1, 0.15) is 329 Å². The van der Waals surface area contributed by atoms with Gasteiger partial charge in [-0.3, -0.25) is 0 Å². The van der Waals surface area contributed by atoms with Gasteiger partial charge < -0.3 is 4.74 Å². The summed E-state index contributed by atoms with van der Waals surface area (Å²) in [6.45, 7) is 81.6. The van der Waals surface area contributed by atoms with Gasteiger partial charge in [-0.2, -0.15) is 0 Å². The van der Waals surface area contributed by atoms with Crippen LogP contribution in [0, 0.1) is 69.2 Å². The van der Waals surface area contributed by atoms with Crippen LogP contribution in [-0.4, -0.2) is 7.11 Å². The smallest absolute Gasteiger partial charge is 0.126 e. The van der Waals surface area contributed by atoms with E-state index in [-0.39, 0.29) is 43.3 Å². The van der Waals surface area contributed by atoms with Gasteiger partial charge in [0.25, 0.3) is 0 Å². The Balaban J connectivity index is 0.000000186. The second kappa shape index (κ2) is 36.9. The second-order valence-corrected chi connectivity index (χ2v) is 41.9. The Morgan fingerprint density at radius 1 is 0.254 bits per heavy atom. The molecule has 0 radical (unpaired) electrons. The monoisotopic (exact) mass is 1530 g/mol. The van der Waals surface area contributed by atoms with Gasteiger partial charge in [0.15, 0.2) is 0 Å². The third-order valence-electron chi connectivity index (χ3n) is 23.9. The lowest BCUT2D eigenvalue weighted by molar-refractivity contribution is 0.417. The van der Waals surface area contributed by atoms with Crippen LogP contribution in [0.3, 0.4) is 0 Å². The molecule has 1 saturated carbocycles. The molecule has 0 spiro atoms. The number of rotatable bonds is 3. The zero-order chi connectivity index (χ0) is 85.5. The fourth-order valence-corrected chi connectivity index (χ4v) is 17.8. The van der Waals surface area contributed by atoms with Gasteiger partial charge in [0.1, 0.15) is 5.75 Å². The van der Waals surface area contributed by atoms with Crippen molar-refractivity contribution in [2.75, 3.05) is 7.11 Å². The maximum atomic E-state index is 5.52. The van der Waals surface area contributed by atoms with Gasteiger partial charge >= 0.3 is 0 Å². The molecule has 0 saturated heterocycles. The van der Waals surface area contributed by atoms with Crippen LogP contribution < -0.4 is 4.74 Å². The van der Waals surface area contributed by atoms with E-state index >= 15 is 0 Å². The minimum absolute atomic E-state index is 0.140. The summed E-state index contributed by atoms with van der Waals surface area (Å²) in [6.07, 6.45) is 5.54. The number of hydrogen-bond acceptors (Lipinski definition) is 1. The lowest BCUT2D eigenvalue weighted by Gasteiger charge is -2.29. The van der Waals surface area contributed by atoms with Gasteiger partial charge in [0, 0.05) is 5.39 Å². The van der Waals surface area contributed by atoms with Crippen LogP contribution in [-0.2, 0) is 43.3 Å². The number of benzene rings is 12. The van der Waals surface area contributed by atoms with Crippen molar-refractivity contribution in [3.63, 3.8) is 0 Å². The number of ether oxygens (including phenoxy) is 1. The zero-order valence-electron chi connectivity index (χ0n) is 78.8. The predicted molar refractivity (Wildman–Crippen MR) is 511 cm³/mol. The minimum atomic E-state index is 0.140. The van der Waals surface area contributed by atoms with Crippen LogP contribution in [0.4, 0.5) is 0 Å². The van der Waals surface area contributed by atoms with Crippen molar-refractivity contribution in [3.8, 4) is 5.75 Å². The normalized spacial score (nSPS) is 13.0. The van der Waals surface area contributed by atoms with Crippen molar-refractivity contribution in [1.29, 1.82) is 0 Å². The molecule has 0 heterocycles. The SMILES string of the molecule is COc1cc(C(C)(C)C)c(C)c2ccccc12.Cc1c(C(C)(C)C)cc(C(C)(C)C)c2ccccc12.Cc1c(C(C)(C)C)cc(C(C)C)c2ccccc12.Cc1c(C(C)(C)C)cc(C2CCCC2)c2ccccc12.Cc1cc(C(C)(C)C)c(C)c2ccccc12.Cc1cc(C)c(C)c(C(C)(C)C)c1.Cc1ccccc1C(C)(C)C. The van der Waals surface area contributed by atoms with Crippen molar-refractivity contribution < 1.29 is 4.74 Å². The van der Waals surface area contributed by atoms with Crippen molar-refractivity contribution in [2.45, 2.75) is 330 Å². The molecule has 0 amide bonds. The van der Waals surface area contributed by atoms with Crippen LogP contribution >= 0.6 is 0 Å². The summed E-state index contributed by atoms with van der Waals surface area (Å²) in [5.41, 5.74) is 30.5. The van der Waals surface area contributed by atoms with E-state index in [0.717, 1.165) is 11.7 Å². The molecule has 1 fully saturated rings. The molecule has 114 heavy (non-hydrogen) atoms. The molecule has 0 aliphatic heterocycles. The molecular weight excluding hydrogens is 1370 g/mol. The topological polar surface area (TPSA) is 9.23 Å². The van der Waals surface area contributed by atoms with Gasteiger partial charge in [0.2, 0.25) is 0 Å². The quantitative estimate of drug-likeness (QED) is 0.171. The van der Waals surface area contributed by atoms with E-state index < -0.39 is 0 Å². The largest absolute Gasteiger partial charge is 0.496 e. The maximum Gasteiger partial charge on any atom is 0.126 e. The highest BCUT2D eigenvalue weighted by atomic mass is 16.5. The first-order valence-corrected chi connectivity index (χ1v) is 42.9. The van der Waals surface area contributed by atoms with Gasteiger partial charge in [-0.1, -0.05) is 380 Å². The third kappa shape index (κ3) is 22.9. The molecule has 12 aromatic carbocycles. The fraction of sp³-hybridized carbons (Fsp3) is 0.451. The zero-order valence-corrected chi connectivity index (χ0v) is 78.8. The van der Waals surface area contributed by atoms with Gasteiger partial charge in [0.05, 0.1) is 7.11 Å². The predicted octanol–water partition coefficient (Wildman–Crippen LogP) is 33.8. The van der Waals surface area contributed by atoms with E-state index in [1.807, 2.05) is 0 Å². The van der Waals surface area contributed by atoms with E-state index in [9.17, 15) is 0 Å². The van der Waals surface area contributed by atoms with Gasteiger partial charge in [-0.15, -0.1) is 0 Å². The molecule has 0 N–H and O–H groups in total. The Morgan fingerprint density at radius 3 is 0.965 bits per heavy atom. The molecule has 0 bridgehead atoms. The van der Waals surface area contributed by atoms with Crippen molar-refractivity contribution in [1.82, 2.24) is 0 Å². The Labute approximate surface area is 696 Å². The van der Waals surface area contributed by atoms with Crippen LogP contribution in [0.5, 0.6) is 5.75 Å². The summed E-state index contributed by atoms with van der Waals surface area (Å²) in [5.74, 6) is 2.31. The number of aryl methyl sites for hydroxylation is 9. The third-order valence-corrected chi connectivity index (χ3v) is 23.9. The molecule has 1 heteroatoms. The summed E-state index contributed by atoms with van der Waals surface area (Å²) < 4.78 is 5.52. The van der Waals surface area contributed by atoms with E-state index in [2.05, 4.69) is 437 Å². The van der Waals surface area contributed by atoms with Crippen LogP contribution in [0.15, 0.2) is 188 Å².